The molecule has 132 valence electrons. The number of amides is 1. The Balaban J connectivity index is 2.07. The van der Waals surface area contributed by atoms with Crippen LogP contribution in [0.5, 0.6) is 0 Å². The minimum Gasteiger partial charge on any atom is -0.468 e. The van der Waals surface area contributed by atoms with Crippen molar-refractivity contribution in [1.29, 1.82) is 0 Å². The molecule has 0 aliphatic rings. The first-order valence-electron chi connectivity index (χ1n) is 7.67. The van der Waals surface area contributed by atoms with Crippen LogP contribution in [0.15, 0.2) is 68.3 Å². The molecule has 0 aliphatic heterocycles. The summed E-state index contributed by atoms with van der Waals surface area (Å²) < 4.78 is 10.7. The zero-order valence-electron chi connectivity index (χ0n) is 13.8. The maximum absolute atomic E-state index is 13.0. The SMILES string of the molecule is COC(=O)CN(C(=O)c1cc2ccccc2oc1=O)c1ccc(Br)cc1. The van der Waals surface area contributed by atoms with Gasteiger partial charge in [0.1, 0.15) is 17.7 Å². The molecule has 0 aliphatic carbocycles. The van der Waals surface area contributed by atoms with Gasteiger partial charge in [0.25, 0.3) is 5.91 Å². The molecule has 0 saturated heterocycles. The third-order valence-corrected chi connectivity index (χ3v) is 4.30. The van der Waals surface area contributed by atoms with Gasteiger partial charge in [-0.05, 0) is 36.4 Å². The van der Waals surface area contributed by atoms with Crippen molar-refractivity contribution >= 4 is 44.5 Å². The Labute approximate surface area is 157 Å². The average molecular weight is 416 g/mol. The Hall–Kier alpha value is -2.93. The number of para-hydroxylation sites is 1. The number of halogens is 1. The van der Waals surface area contributed by atoms with Crippen LogP contribution in [0.4, 0.5) is 5.69 Å². The number of methoxy groups -OCH3 is 1. The highest BCUT2D eigenvalue weighted by atomic mass is 79.9. The van der Waals surface area contributed by atoms with E-state index < -0.39 is 17.5 Å². The van der Waals surface area contributed by atoms with Crippen molar-refractivity contribution in [2.75, 3.05) is 18.6 Å². The number of fused-ring (bicyclic) bond motifs is 1. The monoisotopic (exact) mass is 415 g/mol. The van der Waals surface area contributed by atoms with Gasteiger partial charge in [0.05, 0.1) is 7.11 Å². The van der Waals surface area contributed by atoms with Crippen LogP contribution in [0, 0.1) is 0 Å². The summed E-state index contributed by atoms with van der Waals surface area (Å²) in [6.45, 7) is -0.330. The minimum atomic E-state index is -0.763. The predicted octanol–water partition coefficient (Wildman–Crippen LogP) is 3.38. The fourth-order valence-electron chi connectivity index (χ4n) is 2.45. The molecule has 3 rings (SSSR count). The van der Waals surface area contributed by atoms with Gasteiger partial charge in [-0.1, -0.05) is 34.1 Å². The molecule has 7 heteroatoms. The molecule has 3 aromatic rings. The van der Waals surface area contributed by atoms with E-state index in [0.29, 0.717) is 16.7 Å². The van der Waals surface area contributed by atoms with Crippen molar-refractivity contribution in [3.8, 4) is 0 Å². The summed E-state index contributed by atoms with van der Waals surface area (Å²) in [7, 11) is 1.23. The van der Waals surface area contributed by atoms with Gasteiger partial charge in [0, 0.05) is 15.5 Å². The number of esters is 1. The standard InChI is InChI=1S/C19H14BrNO5/c1-25-17(22)11-21(14-8-6-13(20)7-9-14)18(23)15-10-12-4-2-3-5-16(12)26-19(15)24/h2-10H,11H2,1H3. The molecule has 0 fully saturated rings. The van der Waals surface area contributed by atoms with Crippen molar-refractivity contribution in [2.24, 2.45) is 0 Å². The lowest BCUT2D eigenvalue weighted by molar-refractivity contribution is -0.138. The van der Waals surface area contributed by atoms with Crippen molar-refractivity contribution in [3.05, 3.63) is 75.1 Å². The summed E-state index contributed by atoms with van der Waals surface area (Å²) in [5, 5.41) is 0.615. The maximum atomic E-state index is 13.0. The molecule has 0 N–H and O–H groups in total. The third kappa shape index (κ3) is 3.67. The Kier molecular flexibility index (Phi) is 5.18. The van der Waals surface area contributed by atoms with E-state index in [-0.39, 0.29) is 12.1 Å². The number of benzene rings is 2. The van der Waals surface area contributed by atoms with Crippen molar-refractivity contribution in [3.63, 3.8) is 0 Å². The molecule has 0 spiro atoms. The van der Waals surface area contributed by atoms with E-state index in [1.54, 1.807) is 48.5 Å². The van der Waals surface area contributed by atoms with Gasteiger partial charge in [-0.25, -0.2) is 4.79 Å². The van der Waals surface area contributed by atoms with E-state index in [1.807, 2.05) is 0 Å². The van der Waals surface area contributed by atoms with E-state index in [4.69, 9.17) is 4.42 Å². The number of carbonyl (C=O) groups excluding carboxylic acids is 2. The zero-order chi connectivity index (χ0) is 18.7. The molecule has 2 aromatic carbocycles. The van der Waals surface area contributed by atoms with Crippen LogP contribution in [0.25, 0.3) is 11.0 Å². The van der Waals surface area contributed by atoms with Gasteiger partial charge >= 0.3 is 11.6 Å². The fraction of sp³-hybridized carbons (Fsp3) is 0.105. The third-order valence-electron chi connectivity index (χ3n) is 3.77. The van der Waals surface area contributed by atoms with E-state index in [0.717, 1.165) is 4.47 Å². The van der Waals surface area contributed by atoms with Gasteiger partial charge in [0.2, 0.25) is 0 Å². The number of hydrogen-bond donors (Lipinski definition) is 0. The summed E-state index contributed by atoms with van der Waals surface area (Å²) in [6.07, 6.45) is 0. The molecular formula is C19H14BrNO5. The lowest BCUT2D eigenvalue weighted by Crippen LogP contribution is -2.38. The average Bonchev–Trinajstić information content (AvgIpc) is 2.65. The quantitative estimate of drug-likeness (QED) is 0.482. The van der Waals surface area contributed by atoms with E-state index in [2.05, 4.69) is 20.7 Å². The highest BCUT2D eigenvalue weighted by Crippen LogP contribution is 2.21. The van der Waals surface area contributed by atoms with Gasteiger partial charge < -0.3 is 9.15 Å². The molecule has 1 heterocycles. The Morgan fingerprint density at radius 3 is 2.50 bits per heavy atom. The van der Waals surface area contributed by atoms with Crippen LogP contribution in [-0.2, 0) is 9.53 Å². The van der Waals surface area contributed by atoms with Gasteiger partial charge in [-0.15, -0.1) is 0 Å². The Morgan fingerprint density at radius 2 is 1.81 bits per heavy atom. The second kappa shape index (κ2) is 7.53. The first-order valence-corrected chi connectivity index (χ1v) is 8.46. The molecule has 0 saturated carbocycles. The first kappa shape index (κ1) is 17.9. The molecule has 6 nitrogen and oxygen atoms in total. The van der Waals surface area contributed by atoms with Crippen molar-refractivity contribution < 1.29 is 18.7 Å². The van der Waals surface area contributed by atoms with E-state index >= 15 is 0 Å². The second-order valence-corrected chi connectivity index (χ2v) is 6.34. The predicted molar refractivity (Wildman–Crippen MR) is 100 cm³/mol. The lowest BCUT2D eigenvalue weighted by Gasteiger charge is -2.21. The van der Waals surface area contributed by atoms with Crippen LogP contribution in [0.1, 0.15) is 10.4 Å². The topological polar surface area (TPSA) is 76.8 Å². The number of rotatable bonds is 4. The summed E-state index contributed by atoms with van der Waals surface area (Å²) in [4.78, 5) is 38.2. The molecule has 0 bridgehead atoms. The second-order valence-electron chi connectivity index (χ2n) is 5.43. The lowest BCUT2D eigenvalue weighted by atomic mass is 10.1. The minimum absolute atomic E-state index is 0.157. The highest BCUT2D eigenvalue weighted by molar-refractivity contribution is 9.10. The van der Waals surface area contributed by atoms with Crippen LogP contribution >= 0.6 is 15.9 Å². The molecule has 0 atom stereocenters. The maximum Gasteiger partial charge on any atom is 0.349 e. The van der Waals surface area contributed by atoms with Crippen LogP contribution < -0.4 is 10.5 Å². The molecule has 26 heavy (non-hydrogen) atoms. The number of hydrogen-bond acceptors (Lipinski definition) is 5. The van der Waals surface area contributed by atoms with Gasteiger partial charge in [-0.3, -0.25) is 14.5 Å². The Bertz CT molecular complexity index is 1030. The fourth-order valence-corrected chi connectivity index (χ4v) is 2.72. The Morgan fingerprint density at radius 1 is 1.12 bits per heavy atom. The molecule has 0 unspecified atom stereocenters. The molecule has 1 aromatic heterocycles. The largest absolute Gasteiger partial charge is 0.468 e. The summed E-state index contributed by atoms with van der Waals surface area (Å²) in [5.41, 5.74) is -0.0791. The highest BCUT2D eigenvalue weighted by Gasteiger charge is 2.24. The van der Waals surface area contributed by atoms with Crippen LogP contribution in [0.3, 0.4) is 0 Å². The number of carbonyl (C=O) groups is 2. The molecule has 0 radical (unpaired) electrons. The first-order chi connectivity index (χ1) is 12.5. The number of anilines is 1. The number of ether oxygens (including phenoxy) is 1. The van der Waals surface area contributed by atoms with Crippen molar-refractivity contribution in [1.82, 2.24) is 0 Å². The summed E-state index contributed by atoms with van der Waals surface area (Å²) >= 11 is 3.32. The van der Waals surface area contributed by atoms with Crippen LogP contribution in [-0.4, -0.2) is 25.5 Å². The van der Waals surface area contributed by atoms with E-state index in [1.165, 1.54) is 18.1 Å². The summed E-state index contributed by atoms with van der Waals surface area (Å²) in [6, 6.07) is 15.1. The molecular weight excluding hydrogens is 402 g/mol. The van der Waals surface area contributed by atoms with Gasteiger partial charge in [0.15, 0.2) is 0 Å². The van der Waals surface area contributed by atoms with Gasteiger partial charge in [-0.2, -0.15) is 0 Å². The summed E-state index contributed by atoms with van der Waals surface area (Å²) in [5.74, 6) is -1.25. The zero-order valence-corrected chi connectivity index (χ0v) is 15.4. The van der Waals surface area contributed by atoms with E-state index in [9.17, 15) is 14.4 Å². The smallest absolute Gasteiger partial charge is 0.349 e. The van der Waals surface area contributed by atoms with Crippen molar-refractivity contribution in [2.45, 2.75) is 0 Å². The normalized spacial score (nSPS) is 10.5. The van der Waals surface area contributed by atoms with Crippen LogP contribution in [0.2, 0.25) is 0 Å². The molecule has 1 amide bonds. The number of nitrogens with zero attached hydrogens (tertiary/aromatic N) is 1.